The van der Waals surface area contributed by atoms with Gasteiger partial charge < -0.3 is 19.7 Å². The Balaban J connectivity index is 1.40. The fourth-order valence-electron chi connectivity index (χ4n) is 3.89. The maximum Gasteiger partial charge on any atom is 0.267 e. The Morgan fingerprint density at radius 1 is 0.938 bits per heavy atom. The third-order valence-corrected chi connectivity index (χ3v) is 6.84. The number of carbonyl (C=O) groups excluding carboxylic acids is 2. The van der Waals surface area contributed by atoms with Crippen molar-refractivity contribution in [2.45, 2.75) is 12.8 Å². The van der Waals surface area contributed by atoms with Crippen LogP contribution in [-0.4, -0.2) is 44.0 Å². The van der Waals surface area contributed by atoms with Gasteiger partial charge in [0.2, 0.25) is 5.91 Å². The molecule has 1 fully saturated rings. The van der Waals surface area contributed by atoms with Gasteiger partial charge >= 0.3 is 0 Å². The van der Waals surface area contributed by atoms with Gasteiger partial charge in [0.15, 0.2) is 0 Å². The van der Waals surface area contributed by atoms with Crippen LogP contribution in [0, 0.1) is 5.92 Å². The summed E-state index contributed by atoms with van der Waals surface area (Å²) in [5.41, 5.74) is 1.72. The van der Waals surface area contributed by atoms with Crippen molar-refractivity contribution in [3.05, 3.63) is 65.5 Å². The Kier molecular flexibility index (Phi) is 6.75. The van der Waals surface area contributed by atoms with Crippen molar-refractivity contribution in [1.82, 2.24) is 4.90 Å². The van der Waals surface area contributed by atoms with Crippen molar-refractivity contribution in [2.24, 2.45) is 5.92 Å². The third kappa shape index (κ3) is 4.62. The van der Waals surface area contributed by atoms with Crippen LogP contribution in [0.15, 0.2) is 60.7 Å². The number of hydrogen-bond donors (Lipinski definition) is 1. The molecule has 6 nitrogen and oxygen atoms in total. The molecule has 0 unspecified atom stereocenters. The second kappa shape index (κ2) is 9.87. The van der Waals surface area contributed by atoms with Gasteiger partial charge in [0.1, 0.15) is 16.4 Å². The smallest absolute Gasteiger partial charge is 0.267 e. The Bertz CT molecular complexity index is 1090. The van der Waals surface area contributed by atoms with Crippen LogP contribution in [0.1, 0.15) is 22.5 Å². The van der Waals surface area contributed by atoms with E-state index in [4.69, 9.17) is 9.47 Å². The summed E-state index contributed by atoms with van der Waals surface area (Å²) < 4.78 is 10.8. The predicted molar refractivity (Wildman–Crippen MR) is 127 cm³/mol. The average molecular weight is 451 g/mol. The molecule has 0 saturated carbocycles. The molecule has 2 amide bonds. The van der Waals surface area contributed by atoms with Gasteiger partial charge in [-0.25, -0.2) is 0 Å². The second-order valence-corrected chi connectivity index (χ2v) is 8.68. The number of para-hydroxylation sites is 2. The van der Waals surface area contributed by atoms with E-state index in [1.165, 1.54) is 11.3 Å². The first-order valence-electron chi connectivity index (χ1n) is 10.6. The Labute approximate surface area is 191 Å². The van der Waals surface area contributed by atoms with Crippen LogP contribution < -0.4 is 14.8 Å². The number of carbonyl (C=O) groups is 2. The fourth-order valence-corrected chi connectivity index (χ4v) is 4.99. The van der Waals surface area contributed by atoms with Gasteiger partial charge in [-0.2, -0.15) is 0 Å². The van der Waals surface area contributed by atoms with E-state index in [0.717, 1.165) is 10.4 Å². The lowest BCUT2D eigenvalue weighted by atomic mass is 9.95. The number of hydrogen-bond acceptors (Lipinski definition) is 5. The van der Waals surface area contributed by atoms with Crippen molar-refractivity contribution in [3.8, 4) is 21.9 Å². The molecule has 32 heavy (non-hydrogen) atoms. The molecule has 1 aliphatic heterocycles. The quantitative estimate of drug-likeness (QED) is 0.579. The highest BCUT2D eigenvalue weighted by atomic mass is 32.1. The van der Waals surface area contributed by atoms with E-state index >= 15 is 0 Å². The minimum absolute atomic E-state index is 0.0401. The standard InChI is InChI=1S/C25H26N2O4S/c1-30-20-11-7-6-10-19(20)26-24(28)18-12-14-27(15-13-18)25(29)23-21(31-2)16-22(32-23)17-8-4-3-5-9-17/h3-11,16,18H,12-15H2,1-2H3,(H,26,28). The lowest BCUT2D eigenvalue weighted by Gasteiger charge is -2.31. The van der Waals surface area contributed by atoms with E-state index in [0.29, 0.717) is 48.0 Å². The zero-order valence-electron chi connectivity index (χ0n) is 18.2. The van der Waals surface area contributed by atoms with E-state index in [1.54, 1.807) is 14.2 Å². The third-order valence-electron chi connectivity index (χ3n) is 5.69. The van der Waals surface area contributed by atoms with Crippen LogP contribution in [0.4, 0.5) is 5.69 Å². The lowest BCUT2D eigenvalue weighted by Crippen LogP contribution is -2.41. The summed E-state index contributed by atoms with van der Waals surface area (Å²) >= 11 is 1.44. The highest BCUT2D eigenvalue weighted by molar-refractivity contribution is 7.17. The van der Waals surface area contributed by atoms with Gasteiger partial charge in [0.25, 0.3) is 5.91 Å². The van der Waals surface area contributed by atoms with E-state index in [9.17, 15) is 9.59 Å². The topological polar surface area (TPSA) is 67.9 Å². The summed E-state index contributed by atoms with van der Waals surface area (Å²) in [6.45, 7) is 1.06. The highest BCUT2D eigenvalue weighted by Crippen LogP contribution is 2.37. The summed E-state index contributed by atoms with van der Waals surface area (Å²) in [5.74, 6) is 0.996. The van der Waals surface area contributed by atoms with Gasteiger partial charge in [-0.05, 0) is 36.6 Å². The molecule has 0 bridgehead atoms. The molecule has 0 radical (unpaired) electrons. The van der Waals surface area contributed by atoms with Crippen molar-refractivity contribution in [3.63, 3.8) is 0 Å². The lowest BCUT2D eigenvalue weighted by molar-refractivity contribution is -0.121. The van der Waals surface area contributed by atoms with E-state index < -0.39 is 0 Å². The molecule has 0 atom stereocenters. The molecule has 0 aliphatic carbocycles. The number of likely N-dealkylation sites (tertiary alicyclic amines) is 1. The van der Waals surface area contributed by atoms with Gasteiger partial charge in [0.05, 0.1) is 19.9 Å². The summed E-state index contributed by atoms with van der Waals surface area (Å²) in [6, 6.07) is 19.2. The largest absolute Gasteiger partial charge is 0.495 e. The molecule has 166 valence electrons. The average Bonchev–Trinajstić information content (AvgIpc) is 3.29. The van der Waals surface area contributed by atoms with Crippen LogP contribution in [0.5, 0.6) is 11.5 Å². The molecule has 1 aromatic heterocycles. The zero-order chi connectivity index (χ0) is 22.5. The first kappa shape index (κ1) is 21.9. The highest BCUT2D eigenvalue weighted by Gasteiger charge is 2.30. The molecular weight excluding hydrogens is 424 g/mol. The number of ether oxygens (including phenoxy) is 2. The molecule has 7 heteroatoms. The number of methoxy groups -OCH3 is 2. The Morgan fingerprint density at radius 3 is 2.28 bits per heavy atom. The predicted octanol–water partition coefficient (Wildman–Crippen LogP) is 4.92. The second-order valence-electron chi connectivity index (χ2n) is 7.63. The van der Waals surface area contributed by atoms with Crippen molar-refractivity contribution < 1.29 is 19.1 Å². The molecule has 1 saturated heterocycles. The maximum absolute atomic E-state index is 13.2. The number of rotatable bonds is 6. The van der Waals surface area contributed by atoms with E-state index in [2.05, 4.69) is 5.32 Å². The number of benzene rings is 2. The van der Waals surface area contributed by atoms with E-state index in [1.807, 2.05) is 65.6 Å². The van der Waals surface area contributed by atoms with Crippen LogP contribution in [-0.2, 0) is 4.79 Å². The summed E-state index contributed by atoms with van der Waals surface area (Å²) in [5, 5.41) is 2.96. The molecule has 4 rings (SSSR count). The fraction of sp³-hybridized carbons (Fsp3) is 0.280. The van der Waals surface area contributed by atoms with Crippen molar-refractivity contribution >= 4 is 28.8 Å². The van der Waals surface area contributed by atoms with Crippen LogP contribution in [0.3, 0.4) is 0 Å². The van der Waals surface area contributed by atoms with Crippen molar-refractivity contribution in [2.75, 3.05) is 32.6 Å². The van der Waals surface area contributed by atoms with Gasteiger partial charge in [0, 0.05) is 23.9 Å². The number of piperidine rings is 1. The monoisotopic (exact) mass is 450 g/mol. The first-order chi connectivity index (χ1) is 15.6. The maximum atomic E-state index is 13.2. The number of amides is 2. The summed E-state index contributed by atoms with van der Waals surface area (Å²) in [6.07, 6.45) is 1.23. The molecule has 2 aromatic carbocycles. The molecule has 3 aromatic rings. The molecule has 1 aliphatic rings. The van der Waals surface area contributed by atoms with Crippen LogP contribution >= 0.6 is 11.3 Å². The molecule has 1 N–H and O–H groups in total. The zero-order valence-corrected chi connectivity index (χ0v) is 19.0. The molecule has 2 heterocycles. The summed E-state index contributed by atoms with van der Waals surface area (Å²) in [7, 11) is 3.17. The summed E-state index contributed by atoms with van der Waals surface area (Å²) in [4.78, 5) is 29.4. The number of nitrogens with zero attached hydrogens (tertiary/aromatic N) is 1. The number of anilines is 1. The minimum Gasteiger partial charge on any atom is -0.495 e. The SMILES string of the molecule is COc1ccccc1NC(=O)C1CCN(C(=O)c2sc(-c3ccccc3)cc2OC)CC1. The number of thiophene rings is 1. The van der Waals surface area contributed by atoms with Gasteiger partial charge in [-0.3, -0.25) is 9.59 Å². The minimum atomic E-state index is -0.144. The molecule has 0 spiro atoms. The van der Waals surface area contributed by atoms with Crippen LogP contribution in [0.25, 0.3) is 10.4 Å². The molecular formula is C25H26N2O4S. The Hall–Kier alpha value is -3.32. The Morgan fingerprint density at radius 2 is 1.59 bits per heavy atom. The van der Waals surface area contributed by atoms with Crippen LogP contribution in [0.2, 0.25) is 0 Å². The first-order valence-corrected chi connectivity index (χ1v) is 11.4. The number of nitrogens with one attached hydrogen (secondary N) is 1. The van der Waals surface area contributed by atoms with Gasteiger partial charge in [-0.15, -0.1) is 11.3 Å². The normalized spacial score (nSPS) is 14.1. The van der Waals surface area contributed by atoms with Gasteiger partial charge in [-0.1, -0.05) is 42.5 Å². The van der Waals surface area contributed by atoms with Crippen molar-refractivity contribution in [1.29, 1.82) is 0 Å². The van der Waals surface area contributed by atoms with E-state index in [-0.39, 0.29) is 17.7 Å².